The summed E-state index contributed by atoms with van der Waals surface area (Å²) in [4.78, 5) is 23.0. The Balaban J connectivity index is 1.70. The standard InChI is InChI=1S/C18H22N4O/c1-3-13(2)21-17(23)16-10-19-18(20-11-16)22-9-8-14-6-4-5-7-15(14)12-22/h4-7,10-11,13H,3,8-9,12H2,1-2H3,(H,21,23). The number of hydrogen-bond donors (Lipinski definition) is 1. The smallest absolute Gasteiger partial charge is 0.254 e. The predicted molar refractivity (Wildman–Crippen MR) is 90.4 cm³/mol. The summed E-state index contributed by atoms with van der Waals surface area (Å²) < 4.78 is 0. The quantitative estimate of drug-likeness (QED) is 0.943. The first-order valence-corrected chi connectivity index (χ1v) is 8.12. The van der Waals surface area contributed by atoms with Crippen LogP contribution in [0.5, 0.6) is 0 Å². The number of benzene rings is 1. The normalized spacial score (nSPS) is 15.0. The van der Waals surface area contributed by atoms with Gasteiger partial charge in [0.05, 0.1) is 5.56 Å². The van der Waals surface area contributed by atoms with E-state index in [-0.39, 0.29) is 11.9 Å². The molecule has 0 saturated heterocycles. The molecule has 0 radical (unpaired) electrons. The highest BCUT2D eigenvalue weighted by atomic mass is 16.1. The number of aromatic nitrogens is 2. The van der Waals surface area contributed by atoms with E-state index in [1.165, 1.54) is 11.1 Å². The minimum atomic E-state index is -0.116. The minimum Gasteiger partial charge on any atom is -0.350 e. The number of anilines is 1. The van der Waals surface area contributed by atoms with Crippen molar-refractivity contribution < 1.29 is 4.79 Å². The van der Waals surface area contributed by atoms with E-state index in [2.05, 4.69) is 44.5 Å². The second-order valence-electron chi connectivity index (χ2n) is 5.99. The molecular formula is C18H22N4O. The van der Waals surface area contributed by atoms with Crippen LogP contribution in [-0.2, 0) is 13.0 Å². The average molecular weight is 310 g/mol. The van der Waals surface area contributed by atoms with Crippen LogP contribution in [0.3, 0.4) is 0 Å². The largest absolute Gasteiger partial charge is 0.350 e. The molecule has 1 aromatic heterocycles. The summed E-state index contributed by atoms with van der Waals surface area (Å²) in [6.07, 6.45) is 5.12. The number of carbonyl (C=O) groups is 1. The lowest BCUT2D eigenvalue weighted by Gasteiger charge is -2.28. The van der Waals surface area contributed by atoms with E-state index in [4.69, 9.17) is 0 Å². The van der Waals surface area contributed by atoms with Gasteiger partial charge in [-0.3, -0.25) is 4.79 Å². The van der Waals surface area contributed by atoms with Crippen molar-refractivity contribution in [1.29, 1.82) is 0 Å². The summed E-state index contributed by atoms with van der Waals surface area (Å²) in [7, 11) is 0. The Kier molecular flexibility index (Phi) is 4.55. The molecule has 0 spiro atoms. The molecule has 5 nitrogen and oxygen atoms in total. The maximum absolute atomic E-state index is 12.1. The summed E-state index contributed by atoms with van der Waals surface area (Å²) in [5.41, 5.74) is 3.22. The van der Waals surface area contributed by atoms with Crippen LogP contribution in [0.25, 0.3) is 0 Å². The molecule has 0 aliphatic carbocycles. The maximum Gasteiger partial charge on any atom is 0.254 e. The van der Waals surface area contributed by atoms with E-state index >= 15 is 0 Å². The van der Waals surface area contributed by atoms with Gasteiger partial charge in [0.2, 0.25) is 5.95 Å². The lowest BCUT2D eigenvalue weighted by molar-refractivity contribution is 0.0938. The fourth-order valence-electron chi connectivity index (χ4n) is 2.68. The third kappa shape index (κ3) is 3.50. The summed E-state index contributed by atoms with van der Waals surface area (Å²) in [6, 6.07) is 8.62. The van der Waals surface area contributed by atoms with Gasteiger partial charge in [0.25, 0.3) is 5.91 Å². The number of amides is 1. The molecule has 5 heteroatoms. The molecule has 2 heterocycles. The van der Waals surface area contributed by atoms with Crippen LogP contribution in [-0.4, -0.2) is 28.5 Å². The Labute approximate surface area is 136 Å². The van der Waals surface area contributed by atoms with Gasteiger partial charge in [0.1, 0.15) is 0 Å². The zero-order chi connectivity index (χ0) is 16.2. The average Bonchev–Trinajstić information content (AvgIpc) is 2.61. The van der Waals surface area contributed by atoms with Crippen molar-refractivity contribution in [3.05, 3.63) is 53.3 Å². The van der Waals surface area contributed by atoms with Crippen molar-refractivity contribution in [2.75, 3.05) is 11.4 Å². The van der Waals surface area contributed by atoms with Crippen molar-refractivity contribution in [3.63, 3.8) is 0 Å². The highest BCUT2D eigenvalue weighted by Crippen LogP contribution is 2.21. The Hall–Kier alpha value is -2.43. The van der Waals surface area contributed by atoms with Crippen molar-refractivity contribution in [2.24, 2.45) is 0 Å². The van der Waals surface area contributed by atoms with Crippen LogP contribution >= 0.6 is 0 Å². The van der Waals surface area contributed by atoms with Gasteiger partial charge in [-0.2, -0.15) is 0 Å². The molecule has 1 aromatic carbocycles. The van der Waals surface area contributed by atoms with Gasteiger partial charge in [-0.15, -0.1) is 0 Å². The Morgan fingerprint density at radius 1 is 1.26 bits per heavy atom. The first-order valence-electron chi connectivity index (χ1n) is 8.12. The van der Waals surface area contributed by atoms with Gasteiger partial charge in [-0.1, -0.05) is 31.2 Å². The van der Waals surface area contributed by atoms with E-state index in [9.17, 15) is 4.79 Å². The number of nitrogens with zero attached hydrogens (tertiary/aromatic N) is 3. The third-order valence-electron chi connectivity index (χ3n) is 4.30. The van der Waals surface area contributed by atoms with E-state index < -0.39 is 0 Å². The van der Waals surface area contributed by atoms with Gasteiger partial charge in [0, 0.05) is 31.5 Å². The Morgan fingerprint density at radius 3 is 2.65 bits per heavy atom. The van der Waals surface area contributed by atoms with Crippen LogP contribution in [0.4, 0.5) is 5.95 Å². The van der Waals surface area contributed by atoms with Crippen LogP contribution in [0.1, 0.15) is 41.8 Å². The number of rotatable bonds is 4. The number of carbonyl (C=O) groups excluding carboxylic acids is 1. The second kappa shape index (κ2) is 6.77. The van der Waals surface area contributed by atoms with Crippen LogP contribution in [0.15, 0.2) is 36.7 Å². The highest BCUT2D eigenvalue weighted by Gasteiger charge is 2.18. The number of nitrogens with one attached hydrogen (secondary N) is 1. The Morgan fingerprint density at radius 2 is 1.96 bits per heavy atom. The molecule has 1 N–H and O–H groups in total. The summed E-state index contributed by atoms with van der Waals surface area (Å²) >= 11 is 0. The molecular weight excluding hydrogens is 288 g/mol. The van der Waals surface area contributed by atoms with Crippen molar-refractivity contribution >= 4 is 11.9 Å². The first-order chi connectivity index (χ1) is 11.2. The molecule has 0 saturated carbocycles. The highest BCUT2D eigenvalue weighted by molar-refractivity contribution is 5.93. The predicted octanol–water partition coefficient (Wildman–Crippen LogP) is 2.57. The molecule has 1 aliphatic heterocycles. The van der Waals surface area contributed by atoms with E-state index in [1.54, 1.807) is 12.4 Å². The zero-order valence-electron chi connectivity index (χ0n) is 13.6. The van der Waals surface area contributed by atoms with Crippen LogP contribution in [0, 0.1) is 0 Å². The summed E-state index contributed by atoms with van der Waals surface area (Å²) in [6.45, 7) is 5.74. The molecule has 1 amide bonds. The molecule has 1 aliphatic rings. The van der Waals surface area contributed by atoms with Gasteiger partial charge < -0.3 is 10.2 Å². The van der Waals surface area contributed by atoms with Gasteiger partial charge in [0.15, 0.2) is 0 Å². The molecule has 1 unspecified atom stereocenters. The van der Waals surface area contributed by atoms with Crippen LogP contribution in [0.2, 0.25) is 0 Å². The molecule has 0 bridgehead atoms. The SMILES string of the molecule is CCC(C)NC(=O)c1cnc(N2CCc3ccccc3C2)nc1. The zero-order valence-corrected chi connectivity index (χ0v) is 13.6. The molecule has 23 heavy (non-hydrogen) atoms. The molecule has 2 aromatic rings. The fourth-order valence-corrected chi connectivity index (χ4v) is 2.68. The van der Waals surface area contributed by atoms with Gasteiger partial charge >= 0.3 is 0 Å². The molecule has 1 atom stereocenters. The number of hydrogen-bond acceptors (Lipinski definition) is 4. The summed E-state index contributed by atoms with van der Waals surface area (Å²) in [5.74, 6) is 0.564. The lowest BCUT2D eigenvalue weighted by atomic mass is 10.0. The molecule has 3 rings (SSSR count). The van der Waals surface area contributed by atoms with Crippen LogP contribution < -0.4 is 10.2 Å². The van der Waals surface area contributed by atoms with Crippen molar-refractivity contribution in [1.82, 2.24) is 15.3 Å². The van der Waals surface area contributed by atoms with Gasteiger partial charge in [-0.05, 0) is 30.9 Å². The van der Waals surface area contributed by atoms with E-state index in [0.29, 0.717) is 11.5 Å². The number of fused-ring (bicyclic) bond motifs is 1. The Bertz CT molecular complexity index is 684. The van der Waals surface area contributed by atoms with E-state index in [1.807, 2.05) is 13.8 Å². The fraction of sp³-hybridized carbons (Fsp3) is 0.389. The minimum absolute atomic E-state index is 0.116. The topological polar surface area (TPSA) is 58.1 Å². The van der Waals surface area contributed by atoms with Gasteiger partial charge in [-0.25, -0.2) is 9.97 Å². The van der Waals surface area contributed by atoms with Crippen molar-refractivity contribution in [2.45, 2.75) is 39.3 Å². The van der Waals surface area contributed by atoms with Crippen molar-refractivity contribution in [3.8, 4) is 0 Å². The monoisotopic (exact) mass is 310 g/mol. The second-order valence-corrected chi connectivity index (χ2v) is 5.99. The molecule has 120 valence electrons. The first kappa shape index (κ1) is 15.5. The maximum atomic E-state index is 12.1. The molecule has 0 fully saturated rings. The lowest BCUT2D eigenvalue weighted by Crippen LogP contribution is -2.33. The third-order valence-corrected chi connectivity index (χ3v) is 4.30. The summed E-state index contributed by atoms with van der Waals surface area (Å²) in [5, 5.41) is 2.93. The van der Waals surface area contributed by atoms with E-state index in [0.717, 1.165) is 25.9 Å².